The Balaban J connectivity index is 1.50. The Morgan fingerprint density at radius 1 is 1.12 bits per heavy atom. The maximum atomic E-state index is 12.9. The highest BCUT2D eigenvalue weighted by Gasteiger charge is 2.36. The van der Waals surface area contributed by atoms with E-state index < -0.39 is 10.0 Å². The summed E-state index contributed by atoms with van der Waals surface area (Å²) < 4.78 is 27.2. The summed E-state index contributed by atoms with van der Waals surface area (Å²) >= 11 is 0. The SMILES string of the molecule is CN(C1CN(c2ccc(O)cc2)C1)S(=O)(=O)c1ccc2cc[nH]c2c1. The van der Waals surface area contributed by atoms with Crippen LogP contribution in [0.25, 0.3) is 10.9 Å². The molecule has 6 nitrogen and oxygen atoms in total. The van der Waals surface area contributed by atoms with E-state index in [9.17, 15) is 13.5 Å². The first-order valence-electron chi connectivity index (χ1n) is 8.04. The van der Waals surface area contributed by atoms with E-state index in [0.29, 0.717) is 18.0 Å². The van der Waals surface area contributed by atoms with Gasteiger partial charge in [0.2, 0.25) is 10.0 Å². The van der Waals surface area contributed by atoms with Crippen molar-refractivity contribution in [1.82, 2.24) is 9.29 Å². The third-order valence-corrected chi connectivity index (χ3v) is 6.70. The normalized spacial score (nSPS) is 15.7. The van der Waals surface area contributed by atoms with E-state index in [0.717, 1.165) is 16.6 Å². The molecule has 2 aromatic carbocycles. The average molecular weight is 357 g/mol. The van der Waals surface area contributed by atoms with Crippen LogP contribution in [0.15, 0.2) is 59.6 Å². The Labute approximate surface area is 146 Å². The van der Waals surface area contributed by atoms with Crippen molar-refractivity contribution in [3.05, 3.63) is 54.7 Å². The molecular formula is C18H19N3O3S. The lowest BCUT2D eigenvalue weighted by Crippen LogP contribution is -2.59. The number of aromatic hydroxyl groups is 1. The van der Waals surface area contributed by atoms with Gasteiger partial charge in [-0.25, -0.2) is 8.42 Å². The van der Waals surface area contributed by atoms with Gasteiger partial charge in [0.1, 0.15) is 5.75 Å². The van der Waals surface area contributed by atoms with Gasteiger partial charge in [-0.3, -0.25) is 0 Å². The van der Waals surface area contributed by atoms with Gasteiger partial charge in [-0.05, 0) is 47.9 Å². The van der Waals surface area contributed by atoms with Crippen LogP contribution in [-0.4, -0.2) is 49.0 Å². The molecule has 2 N–H and O–H groups in total. The minimum Gasteiger partial charge on any atom is -0.508 e. The number of aromatic amines is 1. The van der Waals surface area contributed by atoms with Crippen molar-refractivity contribution in [3.8, 4) is 5.75 Å². The highest BCUT2D eigenvalue weighted by Crippen LogP contribution is 2.28. The van der Waals surface area contributed by atoms with Gasteiger partial charge in [-0.15, -0.1) is 0 Å². The van der Waals surface area contributed by atoms with E-state index in [1.807, 2.05) is 24.3 Å². The Morgan fingerprint density at radius 2 is 1.84 bits per heavy atom. The maximum absolute atomic E-state index is 12.9. The number of fused-ring (bicyclic) bond motifs is 1. The molecule has 7 heteroatoms. The number of likely N-dealkylation sites (N-methyl/N-ethyl adjacent to an activating group) is 1. The van der Waals surface area contributed by atoms with Crippen LogP contribution >= 0.6 is 0 Å². The number of benzene rings is 2. The quantitative estimate of drug-likeness (QED) is 0.752. The fourth-order valence-electron chi connectivity index (χ4n) is 3.11. The van der Waals surface area contributed by atoms with Crippen molar-refractivity contribution in [3.63, 3.8) is 0 Å². The molecule has 1 aliphatic heterocycles. The van der Waals surface area contributed by atoms with E-state index in [1.54, 1.807) is 37.5 Å². The second-order valence-electron chi connectivity index (χ2n) is 6.32. The van der Waals surface area contributed by atoms with Gasteiger partial charge in [0, 0.05) is 37.5 Å². The van der Waals surface area contributed by atoms with Gasteiger partial charge >= 0.3 is 0 Å². The van der Waals surface area contributed by atoms with Gasteiger partial charge in [0.25, 0.3) is 0 Å². The molecule has 4 rings (SSSR count). The monoisotopic (exact) mass is 357 g/mol. The number of aromatic nitrogens is 1. The number of sulfonamides is 1. The number of nitrogens with zero attached hydrogens (tertiary/aromatic N) is 2. The molecule has 0 spiro atoms. The fourth-order valence-corrected chi connectivity index (χ4v) is 4.47. The van der Waals surface area contributed by atoms with Crippen LogP contribution in [0.2, 0.25) is 0 Å². The third kappa shape index (κ3) is 2.75. The molecule has 0 aliphatic carbocycles. The number of rotatable bonds is 4. The van der Waals surface area contributed by atoms with Crippen molar-refractivity contribution >= 4 is 26.6 Å². The van der Waals surface area contributed by atoms with Crippen LogP contribution in [0.4, 0.5) is 5.69 Å². The summed E-state index contributed by atoms with van der Waals surface area (Å²) in [6.45, 7) is 1.26. The highest BCUT2D eigenvalue weighted by atomic mass is 32.2. The largest absolute Gasteiger partial charge is 0.508 e. The first-order chi connectivity index (χ1) is 11.9. The molecule has 0 radical (unpaired) electrons. The van der Waals surface area contributed by atoms with Crippen LogP contribution in [-0.2, 0) is 10.0 Å². The van der Waals surface area contributed by atoms with Gasteiger partial charge in [0.05, 0.1) is 10.9 Å². The van der Waals surface area contributed by atoms with Crippen molar-refractivity contribution in [2.24, 2.45) is 0 Å². The summed E-state index contributed by atoms with van der Waals surface area (Å²) in [5.41, 5.74) is 1.79. The van der Waals surface area contributed by atoms with Gasteiger partial charge < -0.3 is 15.0 Å². The topological polar surface area (TPSA) is 76.6 Å². The highest BCUT2D eigenvalue weighted by molar-refractivity contribution is 7.89. The molecule has 25 heavy (non-hydrogen) atoms. The molecule has 1 saturated heterocycles. The Hall–Kier alpha value is -2.51. The zero-order chi connectivity index (χ0) is 17.6. The molecule has 130 valence electrons. The van der Waals surface area contributed by atoms with E-state index in [-0.39, 0.29) is 11.8 Å². The summed E-state index contributed by atoms with van der Waals surface area (Å²) in [5.74, 6) is 0.222. The van der Waals surface area contributed by atoms with Crippen LogP contribution in [0.1, 0.15) is 0 Å². The van der Waals surface area contributed by atoms with Gasteiger partial charge in [0.15, 0.2) is 0 Å². The van der Waals surface area contributed by atoms with E-state index in [2.05, 4.69) is 9.88 Å². The summed E-state index contributed by atoms with van der Waals surface area (Å²) in [4.78, 5) is 5.44. The van der Waals surface area contributed by atoms with Gasteiger partial charge in [-0.1, -0.05) is 6.07 Å². The minimum absolute atomic E-state index is 0.0712. The number of H-pyrrole nitrogens is 1. The lowest BCUT2D eigenvalue weighted by atomic mass is 10.1. The molecule has 0 bridgehead atoms. The molecule has 0 unspecified atom stereocenters. The molecular weight excluding hydrogens is 338 g/mol. The van der Waals surface area contributed by atoms with E-state index in [4.69, 9.17) is 0 Å². The fraction of sp³-hybridized carbons (Fsp3) is 0.222. The molecule has 0 saturated carbocycles. The van der Waals surface area contributed by atoms with Crippen LogP contribution in [0, 0.1) is 0 Å². The van der Waals surface area contributed by atoms with Gasteiger partial charge in [-0.2, -0.15) is 4.31 Å². The zero-order valence-electron chi connectivity index (χ0n) is 13.8. The average Bonchev–Trinajstić information content (AvgIpc) is 3.02. The number of anilines is 1. The lowest BCUT2D eigenvalue weighted by Gasteiger charge is -2.44. The molecule has 1 aromatic heterocycles. The first-order valence-corrected chi connectivity index (χ1v) is 9.48. The molecule has 1 aliphatic rings. The molecule has 2 heterocycles. The molecule has 3 aromatic rings. The standard InChI is InChI=1S/C18H19N3O3S/c1-20(15-11-21(12-15)14-3-5-16(22)6-4-14)25(23,24)17-7-2-13-8-9-19-18(13)10-17/h2-10,15,19,22H,11-12H2,1H3. The van der Waals surface area contributed by atoms with Crippen molar-refractivity contribution in [2.75, 3.05) is 25.0 Å². The van der Waals surface area contributed by atoms with E-state index >= 15 is 0 Å². The smallest absolute Gasteiger partial charge is 0.243 e. The van der Waals surface area contributed by atoms with Crippen molar-refractivity contribution < 1.29 is 13.5 Å². The van der Waals surface area contributed by atoms with Crippen molar-refractivity contribution in [2.45, 2.75) is 10.9 Å². The number of phenolic OH excluding ortho intramolecular Hbond substituents is 1. The third-order valence-electron chi connectivity index (χ3n) is 4.79. The molecule has 0 amide bonds. The van der Waals surface area contributed by atoms with Crippen LogP contribution in [0.5, 0.6) is 5.75 Å². The number of nitrogens with one attached hydrogen (secondary N) is 1. The summed E-state index contributed by atoms with van der Waals surface area (Å²) in [7, 11) is -1.90. The second kappa shape index (κ2) is 5.79. The Morgan fingerprint density at radius 3 is 2.56 bits per heavy atom. The minimum atomic E-state index is -3.53. The zero-order valence-corrected chi connectivity index (χ0v) is 14.6. The first kappa shape index (κ1) is 16.0. The van der Waals surface area contributed by atoms with Crippen LogP contribution in [0.3, 0.4) is 0 Å². The maximum Gasteiger partial charge on any atom is 0.243 e. The predicted octanol–water partition coefficient (Wildman–Crippen LogP) is 2.38. The predicted molar refractivity (Wildman–Crippen MR) is 97.4 cm³/mol. The number of hydrogen-bond acceptors (Lipinski definition) is 4. The molecule has 0 atom stereocenters. The summed E-state index contributed by atoms with van der Waals surface area (Å²) in [6, 6.07) is 13.9. The number of phenols is 1. The summed E-state index contributed by atoms with van der Waals surface area (Å²) in [6.07, 6.45) is 1.80. The Bertz CT molecular complexity index is 1010. The summed E-state index contributed by atoms with van der Waals surface area (Å²) in [5, 5.41) is 10.3. The van der Waals surface area contributed by atoms with Crippen LogP contribution < -0.4 is 4.90 Å². The van der Waals surface area contributed by atoms with Crippen molar-refractivity contribution in [1.29, 1.82) is 0 Å². The van der Waals surface area contributed by atoms with E-state index in [1.165, 1.54) is 4.31 Å². The number of hydrogen-bond donors (Lipinski definition) is 2. The lowest BCUT2D eigenvalue weighted by molar-refractivity contribution is 0.311. The molecule has 1 fully saturated rings. The second-order valence-corrected chi connectivity index (χ2v) is 8.32. The Kier molecular flexibility index (Phi) is 3.70.